The highest BCUT2D eigenvalue weighted by molar-refractivity contribution is 6.44. The number of amides is 1. The van der Waals surface area contributed by atoms with Crippen LogP contribution in [0.15, 0.2) is 36.4 Å². The van der Waals surface area contributed by atoms with Gasteiger partial charge in [0.25, 0.3) is 0 Å². The average molecular weight is 416 g/mol. The third kappa shape index (κ3) is 5.80. The summed E-state index contributed by atoms with van der Waals surface area (Å²) in [5.74, 6) is -0.672. The minimum atomic E-state index is -0.388. The highest BCUT2D eigenvalue weighted by Gasteiger charge is 2.09. The molecule has 138 valence electrons. The molecule has 2 aromatic carbocycles. The Labute approximate surface area is 166 Å². The SMILES string of the molecule is CCCOC(=O)c1ccc(NC(=O)CNc2cc(Cl)c(Cl)cc2Cl)cc1. The molecule has 2 aromatic rings. The van der Waals surface area contributed by atoms with E-state index in [-0.39, 0.29) is 18.4 Å². The van der Waals surface area contributed by atoms with Crippen LogP contribution in [0.2, 0.25) is 15.1 Å². The zero-order valence-electron chi connectivity index (χ0n) is 13.9. The highest BCUT2D eigenvalue weighted by atomic mass is 35.5. The van der Waals surface area contributed by atoms with E-state index in [1.165, 1.54) is 6.07 Å². The smallest absolute Gasteiger partial charge is 0.338 e. The van der Waals surface area contributed by atoms with Crippen molar-refractivity contribution in [3.05, 3.63) is 57.0 Å². The van der Waals surface area contributed by atoms with Gasteiger partial charge in [0.15, 0.2) is 0 Å². The van der Waals surface area contributed by atoms with Crippen LogP contribution in [-0.4, -0.2) is 25.0 Å². The number of esters is 1. The molecule has 8 heteroatoms. The minimum absolute atomic E-state index is 0.0159. The van der Waals surface area contributed by atoms with Gasteiger partial charge in [0.1, 0.15) is 0 Å². The predicted molar refractivity (Wildman–Crippen MR) is 106 cm³/mol. The van der Waals surface area contributed by atoms with Crippen molar-refractivity contribution in [2.24, 2.45) is 0 Å². The van der Waals surface area contributed by atoms with Gasteiger partial charge in [0.2, 0.25) is 5.91 Å². The van der Waals surface area contributed by atoms with E-state index in [1.54, 1.807) is 30.3 Å². The quantitative estimate of drug-likeness (QED) is 0.478. The zero-order valence-corrected chi connectivity index (χ0v) is 16.2. The number of benzene rings is 2. The van der Waals surface area contributed by atoms with Crippen LogP contribution in [0.1, 0.15) is 23.7 Å². The molecule has 1 amide bonds. The Hall–Kier alpha value is -1.95. The van der Waals surface area contributed by atoms with Gasteiger partial charge in [-0.2, -0.15) is 0 Å². The Balaban J connectivity index is 1.90. The summed E-state index contributed by atoms with van der Waals surface area (Å²) in [6.07, 6.45) is 0.760. The second-order valence-electron chi connectivity index (χ2n) is 5.36. The molecule has 0 unspecified atom stereocenters. The minimum Gasteiger partial charge on any atom is -0.462 e. The number of ether oxygens (including phenoxy) is 1. The first kappa shape index (κ1) is 20.4. The van der Waals surface area contributed by atoms with Gasteiger partial charge in [-0.3, -0.25) is 4.79 Å². The van der Waals surface area contributed by atoms with Crippen molar-refractivity contribution < 1.29 is 14.3 Å². The fourth-order valence-electron chi connectivity index (χ4n) is 2.01. The van der Waals surface area contributed by atoms with E-state index in [4.69, 9.17) is 39.5 Å². The van der Waals surface area contributed by atoms with E-state index >= 15 is 0 Å². The third-order valence-corrected chi connectivity index (χ3v) is 4.33. The number of halogens is 3. The Morgan fingerprint density at radius 3 is 2.31 bits per heavy atom. The van der Waals surface area contributed by atoms with Gasteiger partial charge >= 0.3 is 5.97 Å². The molecule has 0 saturated carbocycles. The lowest BCUT2D eigenvalue weighted by atomic mass is 10.2. The first-order valence-corrected chi connectivity index (χ1v) is 8.99. The van der Waals surface area contributed by atoms with Crippen LogP contribution in [0, 0.1) is 0 Å². The van der Waals surface area contributed by atoms with E-state index in [0.29, 0.717) is 38.6 Å². The van der Waals surface area contributed by atoms with E-state index in [9.17, 15) is 9.59 Å². The Kier molecular flexibility index (Phi) is 7.57. The van der Waals surface area contributed by atoms with Gasteiger partial charge in [-0.25, -0.2) is 4.79 Å². The van der Waals surface area contributed by atoms with Crippen molar-refractivity contribution >= 4 is 58.1 Å². The molecule has 0 bridgehead atoms. The van der Waals surface area contributed by atoms with E-state index < -0.39 is 0 Å². The van der Waals surface area contributed by atoms with Gasteiger partial charge in [0.05, 0.1) is 39.5 Å². The second kappa shape index (κ2) is 9.67. The molecule has 0 aliphatic heterocycles. The van der Waals surface area contributed by atoms with Crippen molar-refractivity contribution in [1.82, 2.24) is 0 Å². The summed E-state index contributed by atoms with van der Waals surface area (Å²) in [5.41, 5.74) is 1.49. The van der Waals surface area contributed by atoms with Gasteiger partial charge in [-0.15, -0.1) is 0 Å². The largest absolute Gasteiger partial charge is 0.462 e. The molecular formula is C18H17Cl3N2O3. The molecule has 0 aromatic heterocycles. The predicted octanol–water partition coefficient (Wildman–Crippen LogP) is 5.26. The Morgan fingerprint density at radius 1 is 1.00 bits per heavy atom. The summed E-state index contributed by atoms with van der Waals surface area (Å²) in [7, 11) is 0. The third-order valence-electron chi connectivity index (χ3n) is 3.29. The molecule has 0 spiro atoms. The Bertz CT molecular complexity index is 795. The summed E-state index contributed by atoms with van der Waals surface area (Å²) < 4.78 is 5.05. The summed E-state index contributed by atoms with van der Waals surface area (Å²) >= 11 is 17.8. The number of rotatable bonds is 7. The Morgan fingerprint density at radius 2 is 1.65 bits per heavy atom. The van der Waals surface area contributed by atoms with Crippen LogP contribution in [-0.2, 0) is 9.53 Å². The molecule has 0 aliphatic rings. The van der Waals surface area contributed by atoms with Gasteiger partial charge < -0.3 is 15.4 Å². The lowest BCUT2D eigenvalue weighted by Crippen LogP contribution is -2.21. The van der Waals surface area contributed by atoms with Crippen LogP contribution >= 0.6 is 34.8 Å². The van der Waals surface area contributed by atoms with Gasteiger partial charge in [-0.1, -0.05) is 41.7 Å². The van der Waals surface area contributed by atoms with Crippen LogP contribution < -0.4 is 10.6 Å². The molecule has 2 N–H and O–H groups in total. The summed E-state index contributed by atoms with van der Waals surface area (Å²) in [5, 5.41) is 6.64. The van der Waals surface area contributed by atoms with Crippen molar-refractivity contribution in [2.75, 3.05) is 23.8 Å². The standard InChI is InChI=1S/C18H17Cl3N2O3/c1-2-7-26-18(25)11-3-5-12(6-4-11)23-17(24)10-22-16-9-14(20)13(19)8-15(16)21/h3-6,8-9,22H,2,7,10H2,1H3,(H,23,24). The first-order valence-electron chi connectivity index (χ1n) is 7.86. The average Bonchev–Trinajstić information content (AvgIpc) is 2.62. The molecule has 0 aliphatic carbocycles. The van der Waals surface area contributed by atoms with Crippen molar-refractivity contribution in [2.45, 2.75) is 13.3 Å². The first-order chi connectivity index (χ1) is 12.4. The van der Waals surface area contributed by atoms with E-state index in [1.807, 2.05) is 6.92 Å². The molecule has 26 heavy (non-hydrogen) atoms. The van der Waals surface area contributed by atoms with Crippen molar-refractivity contribution in [3.63, 3.8) is 0 Å². The maximum atomic E-state index is 12.0. The molecule has 2 rings (SSSR count). The molecular weight excluding hydrogens is 399 g/mol. The summed E-state index contributed by atoms with van der Waals surface area (Å²) in [6, 6.07) is 9.51. The lowest BCUT2D eigenvalue weighted by molar-refractivity contribution is -0.114. The van der Waals surface area contributed by atoms with Crippen LogP contribution in [0.3, 0.4) is 0 Å². The van der Waals surface area contributed by atoms with Crippen LogP contribution in [0.5, 0.6) is 0 Å². The summed E-state index contributed by atoms with van der Waals surface area (Å²) in [4.78, 5) is 23.8. The molecule has 0 heterocycles. The van der Waals surface area contributed by atoms with Crippen molar-refractivity contribution in [1.29, 1.82) is 0 Å². The number of hydrogen-bond acceptors (Lipinski definition) is 4. The number of hydrogen-bond donors (Lipinski definition) is 2. The second-order valence-corrected chi connectivity index (χ2v) is 6.58. The topological polar surface area (TPSA) is 67.4 Å². The summed E-state index contributed by atoms with van der Waals surface area (Å²) in [6.45, 7) is 2.28. The van der Waals surface area contributed by atoms with Crippen molar-refractivity contribution in [3.8, 4) is 0 Å². The van der Waals surface area contributed by atoms with Gasteiger partial charge in [-0.05, 0) is 42.8 Å². The normalized spacial score (nSPS) is 10.3. The fourth-order valence-corrected chi connectivity index (χ4v) is 2.62. The van der Waals surface area contributed by atoms with E-state index in [2.05, 4.69) is 10.6 Å². The van der Waals surface area contributed by atoms with Crippen LogP contribution in [0.4, 0.5) is 11.4 Å². The monoisotopic (exact) mass is 414 g/mol. The van der Waals surface area contributed by atoms with Crippen LogP contribution in [0.25, 0.3) is 0 Å². The van der Waals surface area contributed by atoms with Gasteiger partial charge in [0, 0.05) is 5.69 Å². The van der Waals surface area contributed by atoms with E-state index in [0.717, 1.165) is 6.42 Å². The highest BCUT2D eigenvalue weighted by Crippen LogP contribution is 2.32. The zero-order chi connectivity index (χ0) is 19.1. The molecule has 0 fully saturated rings. The number of anilines is 2. The molecule has 0 atom stereocenters. The molecule has 0 saturated heterocycles. The fraction of sp³-hybridized carbons (Fsp3) is 0.222. The number of carbonyl (C=O) groups is 2. The lowest BCUT2D eigenvalue weighted by Gasteiger charge is -2.10. The molecule has 0 radical (unpaired) electrons. The number of nitrogens with one attached hydrogen (secondary N) is 2. The maximum Gasteiger partial charge on any atom is 0.338 e. The maximum absolute atomic E-state index is 12.0. The number of carbonyl (C=O) groups excluding carboxylic acids is 2. The molecule has 5 nitrogen and oxygen atoms in total.